The number of halogens is 2. The monoisotopic (exact) mass is 352 g/mol. The highest BCUT2D eigenvalue weighted by molar-refractivity contribution is 5.22. The maximum atomic E-state index is 13.4. The van der Waals surface area contributed by atoms with E-state index >= 15 is 0 Å². The van der Waals surface area contributed by atoms with Crippen molar-refractivity contribution in [1.82, 2.24) is 0 Å². The van der Waals surface area contributed by atoms with Gasteiger partial charge in [-0.3, -0.25) is 0 Å². The van der Waals surface area contributed by atoms with E-state index in [0.29, 0.717) is 17.8 Å². The first-order valence-corrected chi connectivity index (χ1v) is 9.85. The second-order valence-electron chi connectivity index (χ2n) is 7.68. The number of ether oxygens (including phenoxy) is 2. The second-order valence-corrected chi connectivity index (χ2v) is 7.68. The molecule has 1 aliphatic heterocycles. The van der Waals surface area contributed by atoms with Crippen LogP contribution < -0.4 is 0 Å². The van der Waals surface area contributed by atoms with E-state index in [9.17, 15) is 8.78 Å². The van der Waals surface area contributed by atoms with Crippen LogP contribution in [0.3, 0.4) is 0 Å². The third-order valence-corrected chi connectivity index (χ3v) is 5.78. The Kier molecular flexibility index (Phi) is 6.83. The van der Waals surface area contributed by atoms with Crippen LogP contribution in [0.2, 0.25) is 0 Å². The van der Waals surface area contributed by atoms with Gasteiger partial charge in [-0.1, -0.05) is 32.3 Å². The van der Waals surface area contributed by atoms with Gasteiger partial charge in [0.25, 0.3) is 0 Å². The van der Waals surface area contributed by atoms with Crippen LogP contribution in [0.1, 0.15) is 69.8 Å². The Morgan fingerprint density at radius 3 is 2.32 bits per heavy atom. The number of hydrogen-bond donors (Lipinski definition) is 0. The summed E-state index contributed by atoms with van der Waals surface area (Å²) in [6.45, 7) is 3.86. The molecule has 0 N–H and O–H groups in total. The lowest BCUT2D eigenvalue weighted by Crippen LogP contribution is -2.38. The molecular formula is C21H30F2O2. The molecule has 3 rings (SSSR count). The van der Waals surface area contributed by atoms with Crippen molar-refractivity contribution in [2.45, 2.75) is 70.5 Å². The van der Waals surface area contributed by atoms with E-state index in [1.165, 1.54) is 37.8 Å². The Labute approximate surface area is 149 Å². The van der Waals surface area contributed by atoms with Gasteiger partial charge in [0.15, 0.2) is 17.9 Å². The number of benzene rings is 1. The van der Waals surface area contributed by atoms with Crippen molar-refractivity contribution in [1.29, 1.82) is 0 Å². The highest BCUT2D eigenvalue weighted by Gasteiger charge is 2.32. The van der Waals surface area contributed by atoms with Gasteiger partial charge in [-0.25, -0.2) is 8.78 Å². The highest BCUT2D eigenvalue weighted by Crippen LogP contribution is 2.39. The SMILES string of the molecule is CCCCCC1COC(C2CCC(c3ccc(F)c(F)c3)CC2)OC1. The van der Waals surface area contributed by atoms with Gasteiger partial charge in [0.05, 0.1) is 13.2 Å². The first-order chi connectivity index (χ1) is 12.2. The first kappa shape index (κ1) is 18.8. The Balaban J connectivity index is 1.43. The summed E-state index contributed by atoms with van der Waals surface area (Å²) in [5, 5.41) is 0. The molecule has 140 valence electrons. The van der Waals surface area contributed by atoms with E-state index in [2.05, 4.69) is 6.92 Å². The van der Waals surface area contributed by atoms with E-state index in [1.807, 2.05) is 0 Å². The minimum absolute atomic E-state index is 0.0756. The Morgan fingerprint density at radius 1 is 0.960 bits per heavy atom. The molecule has 0 bridgehead atoms. The molecule has 1 aromatic rings. The topological polar surface area (TPSA) is 18.5 Å². The Morgan fingerprint density at radius 2 is 1.68 bits per heavy atom. The summed E-state index contributed by atoms with van der Waals surface area (Å²) in [5.41, 5.74) is 0.916. The minimum Gasteiger partial charge on any atom is -0.352 e. The third kappa shape index (κ3) is 5.01. The number of unbranched alkanes of at least 4 members (excludes halogenated alkanes) is 2. The Bertz CT molecular complexity index is 533. The molecule has 0 radical (unpaired) electrons. The van der Waals surface area contributed by atoms with Crippen molar-refractivity contribution in [2.75, 3.05) is 13.2 Å². The Hall–Kier alpha value is -1.00. The van der Waals surface area contributed by atoms with Crippen molar-refractivity contribution >= 4 is 0 Å². The van der Waals surface area contributed by atoms with Gasteiger partial charge in [0.1, 0.15) is 0 Å². The molecule has 1 saturated carbocycles. The largest absolute Gasteiger partial charge is 0.352 e. The average molecular weight is 352 g/mol. The normalized spacial score (nSPS) is 30.4. The molecule has 1 heterocycles. The molecule has 0 unspecified atom stereocenters. The zero-order chi connectivity index (χ0) is 17.6. The number of hydrogen-bond acceptors (Lipinski definition) is 2. The fourth-order valence-corrected chi connectivity index (χ4v) is 4.17. The fourth-order valence-electron chi connectivity index (χ4n) is 4.17. The summed E-state index contributed by atoms with van der Waals surface area (Å²) in [7, 11) is 0. The second kappa shape index (κ2) is 9.09. The lowest BCUT2D eigenvalue weighted by atomic mass is 9.78. The summed E-state index contributed by atoms with van der Waals surface area (Å²) >= 11 is 0. The van der Waals surface area contributed by atoms with Gasteiger partial charge in [0, 0.05) is 11.8 Å². The molecule has 0 amide bonds. The van der Waals surface area contributed by atoms with Gasteiger partial charge in [-0.15, -0.1) is 0 Å². The fraction of sp³-hybridized carbons (Fsp3) is 0.714. The molecule has 2 nitrogen and oxygen atoms in total. The summed E-state index contributed by atoms with van der Waals surface area (Å²) in [6, 6.07) is 4.32. The van der Waals surface area contributed by atoms with Crippen LogP contribution >= 0.6 is 0 Å². The molecule has 1 aromatic carbocycles. The van der Waals surface area contributed by atoms with E-state index in [0.717, 1.165) is 44.5 Å². The molecule has 0 aromatic heterocycles. The quantitative estimate of drug-likeness (QED) is 0.602. The van der Waals surface area contributed by atoms with Crippen LogP contribution in [0.5, 0.6) is 0 Å². The summed E-state index contributed by atoms with van der Waals surface area (Å²) in [6.07, 6.45) is 8.93. The third-order valence-electron chi connectivity index (χ3n) is 5.78. The van der Waals surface area contributed by atoms with Gasteiger partial charge >= 0.3 is 0 Å². The van der Waals surface area contributed by atoms with E-state index < -0.39 is 11.6 Å². The van der Waals surface area contributed by atoms with Gasteiger partial charge in [-0.05, 0) is 55.7 Å². The molecular weight excluding hydrogens is 322 g/mol. The van der Waals surface area contributed by atoms with Crippen molar-refractivity contribution in [3.05, 3.63) is 35.4 Å². The summed E-state index contributed by atoms with van der Waals surface area (Å²) in [5.74, 6) is -0.223. The lowest BCUT2D eigenvalue weighted by Gasteiger charge is -2.37. The standard InChI is InChI=1S/C21H30F2O2/c1-2-3-4-5-15-13-24-21(25-14-15)17-8-6-16(7-9-17)18-10-11-19(22)20(23)12-18/h10-12,15-17,21H,2-9,13-14H2,1H3. The minimum atomic E-state index is -0.769. The molecule has 2 aliphatic rings. The molecule has 0 atom stereocenters. The van der Waals surface area contributed by atoms with Crippen LogP contribution in [-0.4, -0.2) is 19.5 Å². The summed E-state index contributed by atoms with van der Waals surface area (Å²) in [4.78, 5) is 0. The van der Waals surface area contributed by atoms with Crippen LogP contribution in [0, 0.1) is 23.5 Å². The maximum absolute atomic E-state index is 13.4. The zero-order valence-corrected chi connectivity index (χ0v) is 15.2. The van der Waals surface area contributed by atoms with Crippen LogP contribution in [0.4, 0.5) is 8.78 Å². The number of rotatable bonds is 6. The van der Waals surface area contributed by atoms with Crippen molar-refractivity contribution < 1.29 is 18.3 Å². The summed E-state index contributed by atoms with van der Waals surface area (Å²) < 4.78 is 38.5. The smallest absolute Gasteiger partial charge is 0.160 e. The lowest BCUT2D eigenvalue weighted by molar-refractivity contribution is -0.229. The van der Waals surface area contributed by atoms with E-state index in [-0.39, 0.29) is 6.29 Å². The highest BCUT2D eigenvalue weighted by atomic mass is 19.2. The molecule has 1 aliphatic carbocycles. The van der Waals surface area contributed by atoms with E-state index in [4.69, 9.17) is 9.47 Å². The average Bonchev–Trinajstić information content (AvgIpc) is 2.65. The van der Waals surface area contributed by atoms with Crippen molar-refractivity contribution in [3.63, 3.8) is 0 Å². The van der Waals surface area contributed by atoms with Crippen LogP contribution in [0.25, 0.3) is 0 Å². The van der Waals surface area contributed by atoms with E-state index in [1.54, 1.807) is 6.07 Å². The first-order valence-electron chi connectivity index (χ1n) is 9.85. The predicted octanol–water partition coefficient (Wildman–Crippen LogP) is 5.81. The molecule has 25 heavy (non-hydrogen) atoms. The molecule has 4 heteroatoms. The van der Waals surface area contributed by atoms with Gasteiger partial charge < -0.3 is 9.47 Å². The zero-order valence-electron chi connectivity index (χ0n) is 15.2. The maximum Gasteiger partial charge on any atom is 0.160 e. The van der Waals surface area contributed by atoms with Gasteiger partial charge in [0.2, 0.25) is 0 Å². The van der Waals surface area contributed by atoms with Crippen molar-refractivity contribution in [2.24, 2.45) is 11.8 Å². The molecule has 1 saturated heterocycles. The van der Waals surface area contributed by atoms with Crippen molar-refractivity contribution in [3.8, 4) is 0 Å². The van der Waals surface area contributed by atoms with Crippen LogP contribution in [-0.2, 0) is 9.47 Å². The van der Waals surface area contributed by atoms with Crippen LogP contribution in [0.15, 0.2) is 18.2 Å². The molecule has 2 fully saturated rings. The molecule has 0 spiro atoms. The predicted molar refractivity (Wildman–Crippen MR) is 94.4 cm³/mol. The van der Waals surface area contributed by atoms with Gasteiger partial charge in [-0.2, -0.15) is 0 Å².